The minimum absolute atomic E-state index is 0.141. The van der Waals surface area contributed by atoms with E-state index in [1.54, 1.807) is 18.2 Å². The van der Waals surface area contributed by atoms with Gasteiger partial charge in [0, 0.05) is 24.0 Å². The molecule has 8 aliphatic rings. The summed E-state index contributed by atoms with van der Waals surface area (Å²) in [4.78, 5) is 52.6. The molecule has 74 heavy (non-hydrogen) atoms. The van der Waals surface area contributed by atoms with Crippen LogP contribution < -0.4 is 21.7 Å². The molecule has 410 valence electrons. The van der Waals surface area contributed by atoms with Gasteiger partial charge in [-0.1, -0.05) is 137 Å². The van der Waals surface area contributed by atoms with Gasteiger partial charge in [0.1, 0.15) is 12.2 Å². The summed E-state index contributed by atoms with van der Waals surface area (Å²) in [6.07, 6.45) is 29.3. The topological polar surface area (TPSA) is 135 Å². The van der Waals surface area contributed by atoms with Crippen LogP contribution in [0.3, 0.4) is 0 Å². The summed E-state index contributed by atoms with van der Waals surface area (Å²) in [5.41, 5.74) is 14.2. The summed E-state index contributed by atoms with van der Waals surface area (Å²) in [7, 11) is 0. The fourth-order valence-electron chi connectivity index (χ4n) is 19.0. The normalized spacial score (nSPS) is 37.8. The standard InChI is InChI=1S/C64H98N4O6/c1-39(2)14-11-16-41(5)51-24-26-53-49-22-20-45-37-47(28-32-61(45,7)55(49)30-34-63(51,53)9)73-59(71)67-65-57(69)43-18-13-19-44(36-43)58(70)66-68-60(72)74-48-29-33-62(8)46(38-48)21-23-50-54-27-25-52(42(6)17-12-15-40(3)4)64(54,10)35-31-56(50)62/h13,18-21,36,39-42,47-56H,11-12,14-17,22-35,37-38H2,1-10H3,(H,65,69)(H,66,70)(H,67,71)(H,68,72)/t41-,42-,47+,48+,49+,50+,51-,52-,53+,54+,55+,56+,61+,62+,63-,64-/m1/s1. The number of amides is 4. The molecule has 8 aliphatic carbocycles. The fourth-order valence-corrected chi connectivity index (χ4v) is 19.0. The number of hydrogen-bond donors (Lipinski definition) is 4. The van der Waals surface area contributed by atoms with E-state index in [0.717, 1.165) is 111 Å². The lowest BCUT2D eigenvalue weighted by atomic mass is 9.47. The summed E-state index contributed by atoms with van der Waals surface area (Å²) in [6, 6.07) is 6.13. The minimum atomic E-state index is -0.700. The molecule has 6 saturated carbocycles. The van der Waals surface area contributed by atoms with Gasteiger partial charge in [0.25, 0.3) is 11.8 Å². The number of hydrogen-bond acceptors (Lipinski definition) is 6. The first kappa shape index (κ1) is 55.0. The van der Waals surface area contributed by atoms with Crippen molar-refractivity contribution in [1.29, 1.82) is 0 Å². The molecule has 1 aromatic rings. The Hall–Kier alpha value is -3.82. The quantitative estimate of drug-likeness (QED) is 0.108. The van der Waals surface area contributed by atoms with Crippen LogP contribution in [0.2, 0.25) is 0 Å². The van der Waals surface area contributed by atoms with Crippen LogP contribution >= 0.6 is 0 Å². The van der Waals surface area contributed by atoms with E-state index in [9.17, 15) is 19.2 Å². The molecule has 0 aliphatic heterocycles. The van der Waals surface area contributed by atoms with Gasteiger partial charge in [0.15, 0.2) is 0 Å². The van der Waals surface area contributed by atoms with Gasteiger partial charge in [-0.2, -0.15) is 0 Å². The second-order valence-electron chi connectivity index (χ2n) is 27.9. The van der Waals surface area contributed by atoms with Gasteiger partial charge in [-0.25, -0.2) is 20.4 Å². The van der Waals surface area contributed by atoms with Crippen molar-refractivity contribution in [2.45, 2.75) is 223 Å². The second kappa shape index (κ2) is 22.3. The number of ether oxygens (including phenoxy) is 2. The Morgan fingerprint density at radius 3 is 1.35 bits per heavy atom. The molecule has 6 fully saturated rings. The third-order valence-electron chi connectivity index (χ3n) is 23.0. The van der Waals surface area contributed by atoms with Crippen molar-refractivity contribution < 1.29 is 28.7 Å². The predicted octanol–water partition coefficient (Wildman–Crippen LogP) is 15.2. The lowest BCUT2D eigenvalue weighted by Crippen LogP contribution is -2.51. The summed E-state index contributed by atoms with van der Waals surface area (Å²) in [5, 5.41) is 0. The smallest absolute Gasteiger partial charge is 0.426 e. The molecular weight excluding hydrogens is 921 g/mol. The SMILES string of the molecule is CC(C)CCC[C@@H](C)[C@H]1CC[C@H]2[C@@H]3CC=C4C[C@@H](OC(=O)NNC(=O)c5cccc(C(=O)NNC(=O)O[C@H]6CC[C@@]7(C)C(=CC[C@H]8[C@@H]9CC[C@H]([C@H](C)CCCC(C)C)[C@@]9(C)CC[C@@H]87)C6)c5)CC[C@]4(C)[C@H]3CC[C@]12C. The minimum Gasteiger partial charge on any atom is -0.445 e. The van der Waals surface area contributed by atoms with Crippen LogP contribution in [0.4, 0.5) is 9.59 Å². The maximum absolute atomic E-state index is 13.2. The molecule has 0 radical (unpaired) electrons. The van der Waals surface area contributed by atoms with E-state index in [-0.39, 0.29) is 34.2 Å². The van der Waals surface area contributed by atoms with E-state index in [0.29, 0.717) is 22.7 Å². The Kier molecular flexibility index (Phi) is 16.5. The molecule has 0 bridgehead atoms. The average molecular weight is 1020 g/mol. The lowest BCUT2D eigenvalue weighted by Gasteiger charge is -2.58. The number of nitrogens with one attached hydrogen (secondary N) is 4. The van der Waals surface area contributed by atoms with Crippen molar-refractivity contribution in [3.8, 4) is 0 Å². The van der Waals surface area contributed by atoms with Gasteiger partial charge in [0.2, 0.25) is 0 Å². The van der Waals surface area contributed by atoms with Crippen LogP contribution in [0.25, 0.3) is 0 Å². The number of carbonyl (C=O) groups is 4. The van der Waals surface area contributed by atoms with E-state index < -0.39 is 24.0 Å². The largest absolute Gasteiger partial charge is 0.445 e. The number of carbonyl (C=O) groups excluding carboxylic acids is 4. The molecule has 0 aromatic heterocycles. The zero-order valence-corrected chi connectivity index (χ0v) is 47.6. The Morgan fingerprint density at radius 2 is 0.946 bits per heavy atom. The van der Waals surface area contributed by atoms with E-state index in [1.165, 1.54) is 107 Å². The molecule has 16 atom stereocenters. The van der Waals surface area contributed by atoms with Crippen molar-refractivity contribution in [3.63, 3.8) is 0 Å². The van der Waals surface area contributed by atoms with Gasteiger partial charge >= 0.3 is 12.2 Å². The van der Waals surface area contributed by atoms with Gasteiger partial charge in [-0.15, -0.1) is 0 Å². The molecule has 0 saturated heterocycles. The average Bonchev–Trinajstić information content (AvgIpc) is 3.92. The highest BCUT2D eigenvalue weighted by Gasteiger charge is 2.61. The molecule has 1 aromatic carbocycles. The first-order valence-electron chi connectivity index (χ1n) is 30.3. The Bertz CT molecular complexity index is 2120. The van der Waals surface area contributed by atoms with Crippen LogP contribution in [0.5, 0.6) is 0 Å². The predicted molar refractivity (Wildman–Crippen MR) is 294 cm³/mol. The molecule has 0 unspecified atom stereocenters. The van der Waals surface area contributed by atoms with E-state index in [4.69, 9.17) is 9.47 Å². The highest BCUT2D eigenvalue weighted by Crippen LogP contribution is 2.69. The van der Waals surface area contributed by atoms with Crippen LogP contribution in [0.1, 0.15) is 231 Å². The fraction of sp³-hybridized carbons (Fsp3) is 0.781. The van der Waals surface area contributed by atoms with Crippen molar-refractivity contribution in [3.05, 3.63) is 58.7 Å². The molecule has 0 spiro atoms. The molecular formula is C64H98N4O6. The Morgan fingerprint density at radius 1 is 0.527 bits per heavy atom. The third kappa shape index (κ3) is 10.9. The summed E-state index contributed by atoms with van der Waals surface area (Å²) in [6.45, 7) is 24.7. The van der Waals surface area contributed by atoms with Crippen molar-refractivity contribution in [2.24, 2.45) is 92.7 Å². The second-order valence-corrected chi connectivity index (χ2v) is 27.9. The number of allylic oxidation sites excluding steroid dienone is 2. The lowest BCUT2D eigenvalue weighted by molar-refractivity contribution is -0.0582. The molecule has 10 heteroatoms. The summed E-state index contributed by atoms with van der Waals surface area (Å²) >= 11 is 0. The zero-order chi connectivity index (χ0) is 52.7. The van der Waals surface area contributed by atoms with Crippen LogP contribution in [-0.4, -0.2) is 36.2 Å². The van der Waals surface area contributed by atoms with Crippen molar-refractivity contribution in [1.82, 2.24) is 21.7 Å². The molecule has 4 N–H and O–H groups in total. The van der Waals surface area contributed by atoms with Crippen LogP contribution in [0, 0.1) is 92.7 Å². The number of hydrazine groups is 2. The van der Waals surface area contributed by atoms with Gasteiger partial charge in [-0.05, 0) is 201 Å². The highest BCUT2D eigenvalue weighted by atomic mass is 16.6. The van der Waals surface area contributed by atoms with Gasteiger partial charge < -0.3 is 9.47 Å². The first-order valence-corrected chi connectivity index (χ1v) is 30.3. The summed E-state index contributed by atoms with van der Waals surface area (Å²) < 4.78 is 11.8. The number of fused-ring (bicyclic) bond motifs is 10. The van der Waals surface area contributed by atoms with E-state index in [2.05, 4.69) is 103 Å². The molecule has 4 amide bonds. The van der Waals surface area contributed by atoms with E-state index in [1.807, 2.05) is 0 Å². The first-order chi connectivity index (χ1) is 35.2. The van der Waals surface area contributed by atoms with Gasteiger partial charge in [0.05, 0.1) is 0 Å². The van der Waals surface area contributed by atoms with Crippen LogP contribution in [-0.2, 0) is 9.47 Å². The van der Waals surface area contributed by atoms with Gasteiger partial charge in [-0.3, -0.25) is 20.4 Å². The Labute approximate surface area is 446 Å². The monoisotopic (exact) mass is 1020 g/mol. The summed E-state index contributed by atoms with van der Waals surface area (Å²) in [5.74, 6) is 8.10. The Balaban J connectivity index is 0.702. The van der Waals surface area contributed by atoms with E-state index >= 15 is 0 Å². The van der Waals surface area contributed by atoms with Crippen LogP contribution in [0.15, 0.2) is 47.6 Å². The number of benzene rings is 1. The van der Waals surface area contributed by atoms with Crippen molar-refractivity contribution >= 4 is 24.0 Å². The molecule has 9 rings (SSSR count). The van der Waals surface area contributed by atoms with Crippen molar-refractivity contribution in [2.75, 3.05) is 0 Å². The maximum Gasteiger partial charge on any atom is 0.426 e. The number of rotatable bonds is 14. The third-order valence-corrected chi connectivity index (χ3v) is 23.0. The maximum atomic E-state index is 13.2. The highest BCUT2D eigenvalue weighted by molar-refractivity contribution is 6.00. The molecule has 0 heterocycles. The molecule has 10 nitrogen and oxygen atoms in total. The zero-order valence-electron chi connectivity index (χ0n) is 47.6.